The Morgan fingerprint density at radius 3 is 3.11 bits per heavy atom. The van der Waals surface area contributed by atoms with E-state index in [9.17, 15) is 0 Å². The van der Waals surface area contributed by atoms with Gasteiger partial charge in [0.1, 0.15) is 0 Å². The van der Waals surface area contributed by atoms with Gasteiger partial charge in [-0.3, -0.25) is 11.3 Å². The van der Waals surface area contributed by atoms with Crippen molar-refractivity contribution in [1.82, 2.24) is 10.4 Å². The van der Waals surface area contributed by atoms with Crippen molar-refractivity contribution in [3.63, 3.8) is 0 Å². The fraction of sp³-hybridized carbons (Fsp3) is 0.250. The number of hydrazine groups is 1. The largest absolute Gasteiger partial charge is 0.271 e. The standard InChI is InChI=1S/C4H6BrN3S/c5-4-8-3(1-7-6)2-9-4/h2,7H,1,6H2. The van der Waals surface area contributed by atoms with Crippen molar-refractivity contribution in [3.05, 3.63) is 15.0 Å². The van der Waals surface area contributed by atoms with Gasteiger partial charge in [0, 0.05) is 5.38 Å². The predicted molar refractivity (Wildman–Crippen MR) is 40.8 cm³/mol. The number of nitrogens with one attached hydrogen (secondary N) is 1. The Morgan fingerprint density at radius 2 is 2.67 bits per heavy atom. The third kappa shape index (κ3) is 2.02. The van der Waals surface area contributed by atoms with Crippen LogP contribution in [-0.4, -0.2) is 4.98 Å². The zero-order valence-corrected chi connectivity index (χ0v) is 7.00. The predicted octanol–water partition coefficient (Wildman–Crippen LogP) is 0.869. The van der Waals surface area contributed by atoms with Crippen LogP contribution in [-0.2, 0) is 6.54 Å². The van der Waals surface area contributed by atoms with Crippen LogP contribution in [0.15, 0.2) is 9.30 Å². The van der Waals surface area contributed by atoms with Crippen molar-refractivity contribution < 1.29 is 0 Å². The number of rotatable bonds is 2. The van der Waals surface area contributed by atoms with E-state index in [0.717, 1.165) is 9.61 Å². The van der Waals surface area contributed by atoms with Crippen molar-refractivity contribution in [2.45, 2.75) is 6.54 Å². The molecule has 0 bridgehead atoms. The van der Waals surface area contributed by atoms with Gasteiger partial charge >= 0.3 is 0 Å². The number of thiazole rings is 1. The Kier molecular flexibility index (Phi) is 2.59. The highest BCUT2D eigenvalue weighted by molar-refractivity contribution is 9.11. The summed E-state index contributed by atoms with van der Waals surface area (Å²) in [4.78, 5) is 4.09. The number of halogens is 1. The van der Waals surface area contributed by atoms with Gasteiger partial charge in [0.2, 0.25) is 0 Å². The fourth-order valence-corrected chi connectivity index (χ4v) is 1.52. The maximum absolute atomic E-state index is 5.07. The summed E-state index contributed by atoms with van der Waals surface area (Å²) < 4.78 is 0.896. The lowest BCUT2D eigenvalue weighted by Gasteiger charge is -1.89. The molecule has 0 aliphatic heterocycles. The highest BCUT2D eigenvalue weighted by atomic mass is 79.9. The molecule has 0 fully saturated rings. The minimum atomic E-state index is 0.627. The number of nitrogens with zero attached hydrogens (tertiary/aromatic N) is 1. The first-order chi connectivity index (χ1) is 4.33. The molecule has 5 heteroatoms. The normalized spacial score (nSPS) is 10.0. The van der Waals surface area contributed by atoms with Gasteiger partial charge in [0.15, 0.2) is 3.92 Å². The van der Waals surface area contributed by atoms with E-state index in [1.165, 1.54) is 0 Å². The Labute approximate surface area is 65.4 Å². The summed E-state index contributed by atoms with van der Waals surface area (Å²) in [6.45, 7) is 0.627. The summed E-state index contributed by atoms with van der Waals surface area (Å²) in [5.74, 6) is 5.07. The molecule has 0 saturated heterocycles. The van der Waals surface area contributed by atoms with Gasteiger partial charge < -0.3 is 0 Å². The van der Waals surface area contributed by atoms with Crippen molar-refractivity contribution in [2.24, 2.45) is 5.84 Å². The molecule has 3 nitrogen and oxygen atoms in total. The van der Waals surface area contributed by atoms with Gasteiger partial charge in [0.25, 0.3) is 0 Å². The van der Waals surface area contributed by atoms with Crippen molar-refractivity contribution in [1.29, 1.82) is 0 Å². The second kappa shape index (κ2) is 3.26. The van der Waals surface area contributed by atoms with Crippen LogP contribution < -0.4 is 11.3 Å². The highest BCUT2D eigenvalue weighted by Crippen LogP contribution is 2.15. The molecule has 0 spiro atoms. The molecule has 0 saturated carbocycles. The fourth-order valence-electron chi connectivity index (χ4n) is 0.468. The molecule has 0 aliphatic rings. The summed E-state index contributed by atoms with van der Waals surface area (Å²) in [5.41, 5.74) is 3.49. The smallest absolute Gasteiger partial charge is 0.159 e. The summed E-state index contributed by atoms with van der Waals surface area (Å²) in [5, 5.41) is 1.95. The molecule has 1 rings (SSSR count). The molecule has 1 aromatic rings. The van der Waals surface area contributed by atoms with Crippen LogP contribution in [0.2, 0.25) is 0 Å². The Balaban J connectivity index is 2.61. The molecule has 9 heavy (non-hydrogen) atoms. The van der Waals surface area contributed by atoms with E-state index in [4.69, 9.17) is 5.84 Å². The van der Waals surface area contributed by atoms with Crippen molar-refractivity contribution in [3.8, 4) is 0 Å². The lowest BCUT2D eigenvalue weighted by Crippen LogP contribution is -2.20. The van der Waals surface area contributed by atoms with Gasteiger partial charge in [0.05, 0.1) is 12.2 Å². The summed E-state index contributed by atoms with van der Waals surface area (Å²) >= 11 is 4.80. The van der Waals surface area contributed by atoms with Gasteiger partial charge in [-0.05, 0) is 15.9 Å². The van der Waals surface area contributed by atoms with Crippen LogP contribution in [0.4, 0.5) is 0 Å². The minimum Gasteiger partial charge on any atom is -0.271 e. The third-order valence-corrected chi connectivity index (χ3v) is 2.22. The van der Waals surface area contributed by atoms with E-state index in [1.54, 1.807) is 11.3 Å². The molecule has 0 radical (unpaired) electrons. The van der Waals surface area contributed by atoms with Gasteiger partial charge in [-0.2, -0.15) is 0 Å². The maximum Gasteiger partial charge on any atom is 0.159 e. The first kappa shape index (κ1) is 7.14. The average molecular weight is 208 g/mol. The number of hydrogen-bond donors (Lipinski definition) is 2. The van der Waals surface area contributed by atoms with Crippen molar-refractivity contribution >= 4 is 27.3 Å². The zero-order chi connectivity index (χ0) is 6.69. The SMILES string of the molecule is NNCc1csc(Br)n1. The van der Waals surface area contributed by atoms with E-state index < -0.39 is 0 Å². The highest BCUT2D eigenvalue weighted by Gasteiger charge is 1.95. The van der Waals surface area contributed by atoms with E-state index in [-0.39, 0.29) is 0 Å². The Bertz CT molecular complexity index is 188. The molecule has 3 N–H and O–H groups in total. The molecule has 0 aromatic carbocycles. The second-order valence-electron chi connectivity index (χ2n) is 1.47. The molecular weight excluding hydrogens is 202 g/mol. The first-order valence-electron chi connectivity index (χ1n) is 2.36. The number of aromatic nitrogens is 1. The van der Waals surface area contributed by atoms with Crippen LogP contribution in [0, 0.1) is 0 Å². The van der Waals surface area contributed by atoms with E-state index >= 15 is 0 Å². The molecule has 1 heterocycles. The lowest BCUT2D eigenvalue weighted by molar-refractivity contribution is 0.726. The van der Waals surface area contributed by atoms with E-state index in [1.807, 2.05) is 5.38 Å². The first-order valence-corrected chi connectivity index (χ1v) is 4.03. The lowest BCUT2D eigenvalue weighted by atomic mass is 10.5. The molecule has 0 amide bonds. The quantitative estimate of drug-likeness (QED) is 0.560. The summed E-state index contributed by atoms with van der Waals surface area (Å²) in [6.07, 6.45) is 0. The topological polar surface area (TPSA) is 50.9 Å². The van der Waals surface area contributed by atoms with Gasteiger partial charge in [-0.1, -0.05) is 0 Å². The van der Waals surface area contributed by atoms with Crippen LogP contribution in [0.1, 0.15) is 5.69 Å². The summed E-state index contributed by atoms with van der Waals surface area (Å²) in [6, 6.07) is 0. The molecule has 50 valence electrons. The van der Waals surface area contributed by atoms with E-state index in [2.05, 4.69) is 26.3 Å². The second-order valence-corrected chi connectivity index (χ2v) is 3.61. The molecular formula is C4H6BrN3S. The number of nitrogens with two attached hydrogens (primary N) is 1. The molecule has 1 aromatic heterocycles. The Hall–Kier alpha value is 0.0300. The van der Waals surface area contributed by atoms with Crippen LogP contribution in [0.5, 0.6) is 0 Å². The monoisotopic (exact) mass is 207 g/mol. The van der Waals surface area contributed by atoms with Gasteiger partial charge in [-0.25, -0.2) is 4.98 Å². The molecule has 0 unspecified atom stereocenters. The van der Waals surface area contributed by atoms with E-state index in [0.29, 0.717) is 6.54 Å². The van der Waals surface area contributed by atoms with Gasteiger partial charge in [-0.15, -0.1) is 11.3 Å². The maximum atomic E-state index is 5.07. The van der Waals surface area contributed by atoms with Crippen LogP contribution >= 0.6 is 27.3 Å². The third-order valence-electron chi connectivity index (χ3n) is 0.807. The molecule has 0 atom stereocenters. The zero-order valence-electron chi connectivity index (χ0n) is 4.60. The van der Waals surface area contributed by atoms with Crippen molar-refractivity contribution in [2.75, 3.05) is 0 Å². The average Bonchev–Trinajstić information content (AvgIpc) is 2.17. The Morgan fingerprint density at radius 1 is 1.89 bits per heavy atom. The number of hydrogen-bond acceptors (Lipinski definition) is 4. The van der Waals surface area contributed by atoms with Crippen LogP contribution in [0.3, 0.4) is 0 Å². The minimum absolute atomic E-state index is 0.627. The summed E-state index contributed by atoms with van der Waals surface area (Å²) in [7, 11) is 0. The van der Waals surface area contributed by atoms with Crippen LogP contribution in [0.25, 0.3) is 0 Å². The molecule has 0 aliphatic carbocycles.